The maximum atomic E-state index is 10.2. The van der Waals surface area contributed by atoms with E-state index in [2.05, 4.69) is 0 Å². The Bertz CT molecular complexity index is 460. The summed E-state index contributed by atoms with van der Waals surface area (Å²) in [7, 11) is 1.59. The van der Waals surface area contributed by atoms with Crippen molar-refractivity contribution in [2.45, 2.75) is 13.0 Å². The Kier molecular flexibility index (Phi) is 2.97. The van der Waals surface area contributed by atoms with Gasteiger partial charge in [0, 0.05) is 11.1 Å². The second-order valence-corrected chi connectivity index (χ2v) is 3.70. The van der Waals surface area contributed by atoms with E-state index >= 15 is 0 Å². The molecule has 3 heteroatoms. The molecule has 0 saturated heterocycles. The zero-order chi connectivity index (χ0) is 11.5. The number of methoxy groups -OCH3 is 1. The summed E-state index contributed by atoms with van der Waals surface area (Å²) in [6.45, 7) is 1.98. The molecule has 1 atom stereocenters. The molecule has 0 bridgehead atoms. The van der Waals surface area contributed by atoms with E-state index in [9.17, 15) is 5.11 Å². The summed E-state index contributed by atoms with van der Waals surface area (Å²) in [6.07, 6.45) is 2.36. The van der Waals surface area contributed by atoms with Gasteiger partial charge in [-0.05, 0) is 25.1 Å². The zero-order valence-electron chi connectivity index (χ0n) is 9.31. The first-order valence-electron chi connectivity index (χ1n) is 5.07. The number of aliphatic hydroxyl groups excluding tert-OH is 1. The summed E-state index contributed by atoms with van der Waals surface area (Å²) in [4.78, 5) is 0. The van der Waals surface area contributed by atoms with Gasteiger partial charge in [-0.25, -0.2) is 0 Å². The highest BCUT2D eigenvalue weighted by molar-refractivity contribution is 5.41. The van der Waals surface area contributed by atoms with Crippen LogP contribution in [0.15, 0.2) is 41.2 Å². The molecule has 0 spiro atoms. The van der Waals surface area contributed by atoms with E-state index in [1.165, 1.54) is 6.26 Å². The molecule has 2 rings (SSSR count). The van der Waals surface area contributed by atoms with Gasteiger partial charge >= 0.3 is 0 Å². The van der Waals surface area contributed by atoms with Crippen molar-refractivity contribution in [2.75, 3.05) is 7.11 Å². The number of ether oxygens (including phenoxy) is 1. The van der Waals surface area contributed by atoms with Gasteiger partial charge in [-0.15, -0.1) is 0 Å². The molecule has 16 heavy (non-hydrogen) atoms. The van der Waals surface area contributed by atoms with Crippen molar-refractivity contribution in [3.05, 3.63) is 53.5 Å². The fraction of sp³-hybridized carbons (Fsp3) is 0.231. The minimum Gasteiger partial charge on any atom is -0.496 e. The molecule has 84 valence electrons. The first kappa shape index (κ1) is 10.8. The van der Waals surface area contributed by atoms with E-state index in [1.807, 2.05) is 25.1 Å². The topological polar surface area (TPSA) is 42.6 Å². The zero-order valence-corrected chi connectivity index (χ0v) is 9.31. The number of aryl methyl sites for hydroxylation is 1. The molecule has 0 amide bonds. The molecule has 0 saturated carbocycles. The smallest absolute Gasteiger partial charge is 0.125 e. The molecule has 3 nitrogen and oxygen atoms in total. The maximum absolute atomic E-state index is 10.2. The van der Waals surface area contributed by atoms with E-state index in [4.69, 9.17) is 9.15 Å². The van der Waals surface area contributed by atoms with Crippen molar-refractivity contribution in [1.29, 1.82) is 0 Å². The van der Waals surface area contributed by atoms with Gasteiger partial charge in [-0.3, -0.25) is 0 Å². The number of hydrogen-bond donors (Lipinski definition) is 1. The lowest BCUT2D eigenvalue weighted by atomic mass is 10.0. The molecular weight excluding hydrogens is 204 g/mol. The molecule has 1 N–H and O–H groups in total. The van der Waals surface area contributed by atoms with Crippen molar-refractivity contribution < 1.29 is 14.3 Å². The lowest BCUT2D eigenvalue weighted by Gasteiger charge is -2.14. The molecule has 2 aromatic rings. The standard InChI is InChI=1S/C13H14O3/c1-9-3-4-12(15-2)11(7-9)13(14)10-5-6-16-8-10/h3-8,13-14H,1-2H3. The predicted octanol–water partition coefficient (Wildman–Crippen LogP) is 2.68. The number of hydrogen-bond acceptors (Lipinski definition) is 3. The molecule has 1 aromatic carbocycles. The normalized spacial score (nSPS) is 12.4. The van der Waals surface area contributed by atoms with E-state index in [-0.39, 0.29) is 0 Å². The fourth-order valence-corrected chi connectivity index (χ4v) is 1.68. The molecule has 1 aromatic heterocycles. The first-order chi connectivity index (χ1) is 7.72. The summed E-state index contributed by atoms with van der Waals surface area (Å²) in [5.74, 6) is 0.680. The van der Waals surface area contributed by atoms with Crippen LogP contribution in [0.3, 0.4) is 0 Å². The second-order valence-electron chi connectivity index (χ2n) is 3.70. The SMILES string of the molecule is COc1ccc(C)cc1C(O)c1ccoc1. The summed E-state index contributed by atoms with van der Waals surface area (Å²) in [6, 6.07) is 7.46. The maximum Gasteiger partial charge on any atom is 0.125 e. The van der Waals surface area contributed by atoms with Crippen LogP contribution in [0.4, 0.5) is 0 Å². The highest BCUT2D eigenvalue weighted by Crippen LogP contribution is 2.30. The average molecular weight is 218 g/mol. The van der Waals surface area contributed by atoms with Crippen molar-refractivity contribution >= 4 is 0 Å². The molecule has 0 aliphatic carbocycles. The van der Waals surface area contributed by atoms with Gasteiger partial charge < -0.3 is 14.3 Å². The van der Waals surface area contributed by atoms with E-state index in [1.54, 1.807) is 19.4 Å². The molecular formula is C13H14O3. The van der Waals surface area contributed by atoms with Crippen LogP contribution in [-0.2, 0) is 0 Å². The molecule has 0 radical (unpaired) electrons. The Balaban J connectivity index is 2.42. The largest absolute Gasteiger partial charge is 0.496 e. The number of rotatable bonds is 3. The third-order valence-electron chi connectivity index (χ3n) is 2.54. The van der Waals surface area contributed by atoms with Crippen LogP contribution in [0.25, 0.3) is 0 Å². The number of benzene rings is 1. The van der Waals surface area contributed by atoms with Crippen LogP contribution in [-0.4, -0.2) is 12.2 Å². The lowest BCUT2D eigenvalue weighted by Crippen LogP contribution is -2.01. The monoisotopic (exact) mass is 218 g/mol. The minimum absolute atomic E-state index is 0.680. The van der Waals surface area contributed by atoms with E-state index in [0.29, 0.717) is 5.75 Å². The summed E-state index contributed by atoms with van der Waals surface area (Å²) >= 11 is 0. The second kappa shape index (κ2) is 4.41. The van der Waals surface area contributed by atoms with Gasteiger partial charge in [0.2, 0.25) is 0 Å². The third-order valence-corrected chi connectivity index (χ3v) is 2.54. The van der Waals surface area contributed by atoms with Gasteiger partial charge in [0.25, 0.3) is 0 Å². The number of aliphatic hydroxyl groups is 1. The molecule has 0 aliphatic rings. The average Bonchev–Trinajstić information content (AvgIpc) is 2.81. The van der Waals surface area contributed by atoms with Crippen molar-refractivity contribution in [3.8, 4) is 5.75 Å². The van der Waals surface area contributed by atoms with Gasteiger partial charge in [0.1, 0.15) is 11.9 Å². The van der Waals surface area contributed by atoms with Gasteiger partial charge in [-0.1, -0.05) is 11.6 Å². The highest BCUT2D eigenvalue weighted by Gasteiger charge is 2.16. The predicted molar refractivity (Wildman–Crippen MR) is 60.5 cm³/mol. The Labute approximate surface area is 94.3 Å². The lowest BCUT2D eigenvalue weighted by molar-refractivity contribution is 0.213. The van der Waals surface area contributed by atoms with E-state index < -0.39 is 6.10 Å². The van der Waals surface area contributed by atoms with Crippen molar-refractivity contribution in [2.24, 2.45) is 0 Å². The van der Waals surface area contributed by atoms with Crippen LogP contribution < -0.4 is 4.74 Å². The third kappa shape index (κ3) is 1.95. The molecule has 0 fully saturated rings. The van der Waals surface area contributed by atoms with Gasteiger partial charge in [0.15, 0.2) is 0 Å². The quantitative estimate of drug-likeness (QED) is 0.861. The fourth-order valence-electron chi connectivity index (χ4n) is 1.68. The minimum atomic E-state index is -0.714. The Morgan fingerprint density at radius 3 is 2.75 bits per heavy atom. The van der Waals surface area contributed by atoms with Crippen LogP contribution in [0, 0.1) is 6.92 Å². The number of furan rings is 1. The van der Waals surface area contributed by atoms with Crippen LogP contribution >= 0.6 is 0 Å². The van der Waals surface area contributed by atoms with Crippen LogP contribution in [0.5, 0.6) is 5.75 Å². The Morgan fingerprint density at radius 2 is 2.12 bits per heavy atom. The highest BCUT2D eigenvalue weighted by atomic mass is 16.5. The van der Waals surface area contributed by atoms with Gasteiger partial charge in [-0.2, -0.15) is 0 Å². The Hall–Kier alpha value is -1.74. The molecule has 1 unspecified atom stereocenters. The Morgan fingerprint density at radius 1 is 1.31 bits per heavy atom. The summed E-state index contributed by atoms with van der Waals surface area (Å²) in [5, 5.41) is 10.2. The van der Waals surface area contributed by atoms with Crippen LogP contribution in [0.2, 0.25) is 0 Å². The van der Waals surface area contributed by atoms with E-state index in [0.717, 1.165) is 16.7 Å². The van der Waals surface area contributed by atoms with Crippen molar-refractivity contribution in [1.82, 2.24) is 0 Å². The summed E-state index contributed by atoms with van der Waals surface area (Å²) in [5.41, 5.74) is 2.56. The molecule has 1 heterocycles. The summed E-state index contributed by atoms with van der Waals surface area (Å²) < 4.78 is 10.2. The first-order valence-corrected chi connectivity index (χ1v) is 5.07. The van der Waals surface area contributed by atoms with Crippen LogP contribution in [0.1, 0.15) is 22.8 Å². The van der Waals surface area contributed by atoms with Gasteiger partial charge in [0.05, 0.1) is 19.6 Å². The molecule has 0 aliphatic heterocycles. The van der Waals surface area contributed by atoms with Crippen molar-refractivity contribution in [3.63, 3.8) is 0 Å².